The number of benzene rings is 2. The number of ether oxygens (including phenoxy) is 1. The summed E-state index contributed by atoms with van der Waals surface area (Å²) in [5, 5.41) is 16.5. The molecule has 7 nitrogen and oxygen atoms in total. The number of amides is 2. The molecule has 2 aromatic carbocycles. The van der Waals surface area contributed by atoms with Crippen molar-refractivity contribution >= 4 is 11.7 Å². The van der Waals surface area contributed by atoms with Gasteiger partial charge in [0.05, 0.1) is 18.1 Å². The van der Waals surface area contributed by atoms with Crippen LogP contribution in [0.5, 0.6) is 5.75 Å². The van der Waals surface area contributed by atoms with E-state index in [-0.39, 0.29) is 24.3 Å². The van der Waals surface area contributed by atoms with Crippen LogP contribution < -0.4 is 15.4 Å². The molecule has 2 N–H and O–H groups in total. The van der Waals surface area contributed by atoms with Gasteiger partial charge in [0.15, 0.2) is 0 Å². The standard InChI is InChI=1S/C18H19N3O4/c1-25-17-7-3-6-14-15(17)8-9-16(14)20-18(22)19-11-12-4-2-5-13(10-12)21(23)24/h2-7,10,16H,8-9,11H2,1H3,(H2,19,20,22)/t16-/m0/s1. The van der Waals surface area contributed by atoms with E-state index in [2.05, 4.69) is 10.6 Å². The van der Waals surface area contributed by atoms with Gasteiger partial charge in [-0.3, -0.25) is 10.1 Å². The number of carbonyl (C=O) groups excluding carboxylic acids is 1. The van der Waals surface area contributed by atoms with Gasteiger partial charge in [0.25, 0.3) is 5.69 Å². The molecule has 0 aliphatic heterocycles. The van der Waals surface area contributed by atoms with Crippen LogP contribution in [0.1, 0.15) is 29.2 Å². The van der Waals surface area contributed by atoms with Gasteiger partial charge in [-0.25, -0.2) is 4.79 Å². The van der Waals surface area contributed by atoms with E-state index in [4.69, 9.17) is 4.74 Å². The minimum absolute atomic E-state index is 0.0107. The van der Waals surface area contributed by atoms with Crippen LogP contribution in [0.15, 0.2) is 42.5 Å². The number of carbonyl (C=O) groups is 1. The summed E-state index contributed by atoms with van der Waals surface area (Å²) in [5.41, 5.74) is 2.90. The van der Waals surface area contributed by atoms with E-state index >= 15 is 0 Å². The molecule has 25 heavy (non-hydrogen) atoms. The summed E-state index contributed by atoms with van der Waals surface area (Å²) in [6.45, 7) is 0.227. The van der Waals surface area contributed by atoms with Crippen molar-refractivity contribution in [3.8, 4) is 5.75 Å². The molecule has 1 aliphatic rings. The van der Waals surface area contributed by atoms with Gasteiger partial charge in [-0.1, -0.05) is 24.3 Å². The third-order valence-corrected chi connectivity index (χ3v) is 4.33. The summed E-state index contributed by atoms with van der Waals surface area (Å²) < 4.78 is 5.36. The predicted molar refractivity (Wildman–Crippen MR) is 92.5 cm³/mol. The topological polar surface area (TPSA) is 93.5 Å². The Bertz CT molecular complexity index is 807. The second-order valence-electron chi connectivity index (χ2n) is 5.87. The highest BCUT2D eigenvalue weighted by Crippen LogP contribution is 2.36. The van der Waals surface area contributed by atoms with Crippen molar-refractivity contribution in [3.63, 3.8) is 0 Å². The van der Waals surface area contributed by atoms with E-state index in [0.717, 1.165) is 29.7 Å². The summed E-state index contributed by atoms with van der Waals surface area (Å²) in [6.07, 6.45) is 1.68. The lowest BCUT2D eigenvalue weighted by Gasteiger charge is -2.15. The number of non-ortho nitro benzene ring substituents is 1. The van der Waals surface area contributed by atoms with Crippen LogP contribution >= 0.6 is 0 Å². The number of nitrogens with zero attached hydrogens (tertiary/aromatic N) is 1. The average Bonchev–Trinajstić information content (AvgIpc) is 3.03. The minimum Gasteiger partial charge on any atom is -0.496 e. The fraction of sp³-hybridized carbons (Fsp3) is 0.278. The van der Waals surface area contributed by atoms with E-state index in [1.54, 1.807) is 19.2 Å². The second kappa shape index (κ2) is 7.21. The van der Waals surface area contributed by atoms with E-state index in [9.17, 15) is 14.9 Å². The van der Waals surface area contributed by atoms with Crippen LogP contribution in [0.25, 0.3) is 0 Å². The van der Waals surface area contributed by atoms with Gasteiger partial charge in [0.1, 0.15) is 5.75 Å². The van der Waals surface area contributed by atoms with Crippen LogP contribution in [0, 0.1) is 10.1 Å². The molecule has 1 atom stereocenters. The Morgan fingerprint density at radius 3 is 2.88 bits per heavy atom. The quantitative estimate of drug-likeness (QED) is 0.645. The number of methoxy groups -OCH3 is 1. The van der Waals surface area contributed by atoms with E-state index in [1.165, 1.54) is 12.1 Å². The van der Waals surface area contributed by atoms with Gasteiger partial charge in [0, 0.05) is 18.7 Å². The number of hydrogen-bond acceptors (Lipinski definition) is 4. The maximum atomic E-state index is 12.2. The molecule has 0 unspecified atom stereocenters. The van der Waals surface area contributed by atoms with Gasteiger partial charge in [-0.2, -0.15) is 0 Å². The normalized spacial score (nSPS) is 15.3. The fourth-order valence-corrected chi connectivity index (χ4v) is 3.13. The van der Waals surface area contributed by atoms with E-state index in [1.807, 2.05) is 18.2 Å². The summed E-state index contributed by atoms with van der Waals surface area (Å²) in [4.78, 5) is 22.5. The lowest BCUT2D eigenvalue weighted by atomic mass is 10.1. The van der Waals surface area contributed by atoms with E-state index < -0.39 is 4.92 Å². The molecule has 0 aromatic heterocycles. The second-order valence-corrected chi connectivity index (χ2v) is 5.87. The zero-order valence-corrected chi connectivity index (χ0v) is 13.8. The molecule has 0 spiro atoms. The molecule has 2 amide bonds. The number of nitrogens with one attached hydrogen (secondary N) is 2. The van der Waals surface area contributed by atoms with Crippen LogP contribution in [-0.4, -0.2) is 18.1 Å². The minimum atomic E-state index is -0.452. The molecular formula is C18H19N3O4. The van der Waals surface area contributed by atoms with Gasteiger partial charge in [-0.05, 0) is 35.6 Å². The number of nitro groups is 1. The Morgan fingerprint density at radius 1 is 1.32 bits per heavy atom. The van der Waals surface area contributed by atoms with Crippen LogP contribution in [0.2, 0.25) is 0 Å². The fourth-order valence-electron chi connectivity index (χ4n) is 3.13. The molecule has 0 fully saturated rings. The molecule has 1 aliphatic carbocycles. The highest BCUT2D eigenvalue weighted by molar-refractivity contribution is 5.74. The Morgan fingerprint density at radius 2 is 2.12 bits per heavy atom. The lowest BCUT2D eigenvalue weighted by Crippen LogP contribution is -2.36. The van der Waals surface area contributed by atoms with Crippen molar-refractivity contribution in [2.45, 2.75) is 25.4 Å². The Kier molecular flexibility index (Phi) is 4.83. The van der Waals surface area contributed by atoms with Crippen LogP contribution in [0.4, 0.5) is 10.5 Å². The third-order valence-electron chi connectivity index (χ3n) is 4.33. The van der Waals surface area contributed by atoms with Crippen molar-refractivity contribution in [2.75, 3.05) is 7.11 Å². The van der Waals surface area contributed by atoms with Crippen molar-refractivity contribution < 1.29 is 14.5 Å². The number of rotatable bonds is 5. The third kappa shape index (κ3) is 3.71. The van der Waals surface area contributed by atoms with Crippen LogP contribution in [-0.2, 0) is 13.0 Å². The predicted octanol–water partition coefficient (Wildman–Crippen LogP) is 3.09. The average molecular weight is 341 g/mol. The Hall–Kier alpha value is -3.09. The molecule has 0 radical (unpaired) electrons. The summed E-state index contributed by atoms with van der Waals surface area (Å²) in [5.74, 6) is 0.846. The Labute approximate surface area is 145 Å². The number of hydrogen-bond donors (Lipinski definition) is 2. The van der Waals surface area contributed by atoms with Crippen LogP contribution in [0.3, 0.4) is 0 Å². The molecule has 0 saturated heterocycles. The van der Waals surface area contributed by atoms with Crippen molar-refractivity contribution in [3.05, 3.63) is 69.3 Å². The molecule has 0 heterocycles. The first-order valence-corrected chi connectivity index (χ1v) is 8.02. The van der Waals surface area contributed by atoms with Gasteiger partial charge >= 0.3 is 6.03 Å². The van der Waals surface area contributed by atoms with E-state index in [0.29, 0.717) is 5.56 Å². The number of nitro benzene ring substituents is 1. The summed E-state index contributed by atoms with van der Waals surface area (Å²) in [7, 11) is 1.64. The molecular weight excluding hydrogens is 322 g/mol. The number of fused-ring (bicyclic) bond motifs is 1. The lowest BCUT2D eigenvalue weighted by molar-refractivity contribution is -0.384. The van der Waals surface area contributed by atoms with Crippen molar-refractivity contribution in [1.82, 2.24) is 10.6 Å². The zero-order chi connectivity index (χ0) is 17.8. The van der Waals surface area contributed by atoms with Gasteiger partial charge in [0.2, 0.25) is 0 Å². The maximum absolute atomic E-state index is 12.2. The zero-order valence-electron chi connectivity index (χ0n) is 13.8. The largest absolute Gasteiger partial charge is 0.496 e. The molecule has 7 heteroatoms. The van der Waals surface area contributed by atoms with Gasteiger partial charge < -0.3 is 15.4 Å². The Balaban J connectivity index is 1.60. The molecule has 0 saturated carbocycles. The molecule has 3 rings (SSSR count). The molecule has 2 aromatic rings. The summed E-state index contributed by atoms with van der Waals surface area (Å²) in [6, 6.07) is 11.7. The SMILES string of the molecule is COc1cccc2c1CC[C@@H]2NC(=O)NCc1cccc([N+](=O)[O-])c1. The first-order chi connectivity index (χ1) is 12.1. The monoisotopic (exact) mass is 341 g/mol. The van der Waals surface area contributed by atoms with Crippen molar-refractivity contribution in [1.29, 1.82) is 0 Å². The first-order valence-electron chi connectivity index (χ1n) is 8.02. The number of urea groups is 1. The molecule has 0 bridgehead atoms. The van der Waals surface area contributed by atoms with Crippen molar-refractivity contribution in [2.24, 2.45) is 0 Å². The van der Waals surface area contributed by atoms with Gasteiger partial charge in [-0.15, -0.1) is 0 Å². The maximum Gasteiger partial charge on any atom is 0.315 e. The molecule has 130 valence electrons. The highest BCUT2D eigenvalue weighted by atomic mass is 16.6. The summed E-state index contributed by atoms with van der Waals surface area (Å²) >= 11 is 0. The highest BCUT2D eigenvalue weighted by Gasteiger charge is 2.26. The first kappa shape index (κ1) is 16.8. The smallest absolute Gasteiger partial charge is 0.315 e.